The van der Waals surface area contributed by atoms with Crippen LogP contribution in [0.25, 0.3) is 0 Å². The molecule has 1 fully saturated rings. The van der Waals surface area contributed by atoms with Crippen molar-refractivity contribution in [2.45, 2.75) is 37.9 Å². The summed E-state index contributed by atoms with van der Waals surface area (Å²) in [6, 6.07) is 14.0. The number of hydrogen-bond acceptors (Lipinski definition) is 6. The van der Waals surface area contributed by atoms with Gasteiger partial charge in [-0.05, 0) is 17.7 Å². The molecular weight excluding hydrogens is 424 g/mol. The van der Waals surface area contributed by atoms with Crippen LogP contribution >= 0.6 is 0 Å². The fraction of sp³-hybridized carbons (Fsp3) is 0.400. The minimum atomic E-state index is -0.802. The molecule has 174 valence electrons. The van der Waals surface area contributed by atoms with Crippen LogP contribution in [0.1, 0.15) is 48.2 Å². The number of fused-ring (bicyclic) bond motifs is 1. The molecule has 1 saturated heterocycles. The summed E-state index contributed by atoms with van der Waals surface area (Å²) in [4.78, 5) is 38.3. The van der Waals surface area contributed by atoms with Crippen molar-refractivity contribution < 1.29 is 29.0 Å². The molecule has 8 heteroatoms. The number of carbonyl (C=O) groups excluding carboxylic acids is 3. The minimum absolute atomic E-state index is 0.00622. The SMILES string of the molecule is CC(=O)N1CCC2(CC1)CC(=O)c1ccc(OCC(=O)NCC(O)c3ccccc3)cc1O2. The van der Waals surface area contributed by atoms with Crippen molar-refractivity contribution in [1.29, 1.82) is 0 Å². The van der Waals surface area contributed by atoms with E-state index in [1.807, 2.05) is 18.2 Å². The maximum atomic E-state index is 12.7. The van der Waals surface area contributed by atoms with E-state index in [4.69, 9.17) is 9.47 Å². The van der Waals surface area contributed by atoms with Gasteiger partial charge in [-0.2, -0.15) is 0 Å². The predicted molar refractivity (Wildman–Crippen MR) is 120 cm³/mol. The molecule has 2 aromatic rings. The number of carbonyl (C=O) groups is 3. The van der Waals surface area contributed by atoms with Crippen molar-refractivity contribution >= 4 is 17.6 Å². The molecule has 2 N–H and O–H groups in total. The normalized spacial score (nSPS) is 17.6. The number of benzene rings is 2. The number of hydrogen-bond donors (Lipinski definition) is 2. The lowest BCUT2D eigenvalue weighted by Crippen LogP contribution is -2.51. The van der Waals surface area contributed by atoms with Gasteiger partial charge in [-0.15, -0.1) is 0 Å². The van der Waals surface area contributed by atoms with Gasteiger partial charge in [0.25, 0.3) is 5.91 Å². The molecule has 2 amide bonds. The lowest BCUT2D eigenvalue weighted by molar-refractivity contribution is -0.132. The second kappa shape index (κ2) is 9.62. The Morgan fingerprint density at radius 3 is 2.61 bits per heavy atom. The molecule has 1 atom stereocenters. The van der Waals surface area contributed by atoms with E-state index in [9.17, 15) is 19.5 Å². The number of ether oxygens (including phenoxy) is 2. The highest BCUT2D eigenvalue weighted by atomic mass is 16.5. The molecule has 2 aliphatic rings. The highest BCUT2D eigenvalue weighted by Gasteiger charge is 2.43. The lowest BCUT2D eigenvalue weighted by Gasteiger charge is -2.43. The quantitative estimate of drug-likeness (QED) is 0.697. The van der Waals surface area contributed by atoms with E-state index in [2.05, 4.69) is 5.32 Å². The average Bonchev–Trinajstić information content (AvgIpc) is 2.81. The van der Waals surface area contributed by atoms with Crippen molar-refractivity contribution in [3.05, 3.63) is 59.7 Å². The van der Waals surface area contributed by atoms with Crippen molar-refractivity contribution in [3.63, 3.8) is 0 Å². The maximum absolute atomic E-state index is 12.7. The fourth-order valence-electron chi connectivity index (χ4n) is 4.28. The molecule has 0 aliphatic carbocycles. The van der Waals surface area contributed by atoms with E-state index in [1.54, 1.807) is 42.2 Å². The molecule has 33 heavy (non-hydrogen) atoms. The van der Waals surface area contributed by atoms with Crippen LogP contribution in [-0.2, 0) is 9.59 Å². The summed E-state index contributed by atoms with van der Waals surface area (Å²) in [5.74, 6) is 0.524. The molecule has 4 rings (SSSR count). The average molecular weight is 453 g/mol. The number of Topliss-reactive ketones (excluding diaryl/α,β-unsaturated/α-hetero) is 1. The van der Waals surface area contributed by atoms with Gasteiger partial charge in [-0.25, -0.2) is 0 Å². The molecule has 0 radical (unpaired) electrons. The van der Waals surface area contributed by atoms with Crippen LogP contribution in [0.3, 0.4) is 0 Å². The number of likely N-dealkylation sites (tertiary alicyclic amines) is 1. The molecule has 8 nitrogen and oxygen atoms in total. The predicted octanol–water partition coefficient (Wildman–Crippen LogP) is 2.26. The highest BCUT2D eigenvalue weighted by molar-refractivity contribution is 6.00. The minimum Gasteiger partial charge on any atom is -0.486 e. The van der Waals surface area contributed by atoms with E-state index in [0.717, 1.165) is 5.56 Å². The Labute approximate surface area is 192 Å². The van der Waals surface area contributed by atoms with E-state index in [0.29, 0.717) is 43.0 Å². The third-order valence-corrected chi connectivity index (χ3v) is 6.23. The number of piperidine rings is 1. The van der Waals surface area contributed by atoms with Gasteiger partial charge in [0.1, 0.15) is 17.1 Å². The number of nitrogens with one attached hydrogen (secondary N) is 1. The van der Waals surface area contributed by atoms with Crippen molar-refractivity contribution in [2.24, 2.45) is 0 Å². The largest absolute Gasteiger partial charge is 0.486 e. The number of aliphatic hydroxyl groups excluding tert-OH is 1. The summed E-state index contributed by atoms with van der Waals surface area (Å²) >= 11 is 0. The number of aliphatic hydroxyl groups is 1. The Morgan fingerprint density at radius 1 is 1.18 bits per heavy atom. The number of amides is 2. The fourth-order valence-corrected chi connectivity index (χ4v) is 4.28. The summed E-state index contributed by atoms with van der Waals surface area (Å²) in [5, 5.41) is 12.8. The maximum Gasteiger partial charge on any atom is 0.258 e. The first kappa shape index (κ1) is 22.8. The van der Waals surface area contributed by atoms with Crippen LogP contribution in [0.2, 0.25) is 0 Å². The van der Waals surface area contributed by atoms with Crippen molar-refractivity contribution in [2.75, 3.05) is 26.2 Å². The van der Waals surface area contributed by atoms with Crippen LogP contribution in [0, 0.1) is 0 Å². The summed E-state index contributed by atoms with van der Waals surface area (Å²) in [6.45, 7) is 2.51. The molecule has 0 bridgehead atoms. The molecular formula is C25H28N2O6. The smallest absolute Gasteiger partial charge is 0.258 e. The second-order valence-corrected chi connectivity index (χ2v) is 8.57. The van der Waals surface area contributed by atoms with Gasteiger partial charge >= 0.3 is 0 Å². The van der Waals surface area contributed by atoms with E-state index in [1.165, 1.54) is 0 Å². The number of nitrogens with zero attached hydrogens (tertiary/aromatic N) is 1. The Morgan fingerprint density at radius 2 is 1.91 bits per heavy atom. The van der Waals surface area contributed by atoms with Gasteiger partial charge in [-0.1, -0.05) is 30.3 Å². The zero-order valence-electron chi connectivity index (χ0n) is 18.6. The topological polar surface area (TPSA) is 105 Å². The van der Waals surface area contributed by atoms with Crippen LogP contribution in [0.4, 0.5) is 0 Å². The van der Waals surface area contributed by atoms with Crippen LogP contribution < -0.4 is 14.8 Å². The Hall–Kier alpha value is -3.39. The van der Waals surface area contributed by atoms with Gasteiger partial charge < -0.3 is 24.8 Å². The summed E-state index contributed by atoms with van der Waals surface area (Å²) < 4.78 is 11.9. The summed E-state index contributed by atoms with van der Waals surface area (Å²) in [7, 11) is 0. The Balaban J connectivity index is 1.33. The molecule has 1 spiro atoms. The van der Waals surface area contributed by atoms with E-state index in [-0.39, 0.29) is 37.2 Å². The molecule has 2 aromatic carbocycles. The van der Waals surface area contributed by atoms with Gasteiger partial charge in [0, 0.05) is 45.5 Å². The zero-order chi connectivity index (χ0) is 23.4. The highest BCUT2D eigenvalue weighted by Crippen LogP contribution is 2.40. The third kappa shape index (κ3) is 5.34. The van der Waals surface area contributed by atoms with Crippen LogP contribution in [-0.4, -0.2) is 59.4 Å². The monoisotopic (exact) mass is 452 g/mol. The Bertz CT molecular complexity index is 1030. The Kier molecular flexibility index (Phi) is 6.65. The van der Waals surface area contributed by atoms with Gasteiger partial charge in [0.2, 0.25) is 5.91 Å². The van der Waals surface area contributed by atoms with Gasteiger partial charge in [-0.3, -0.25) is 14.4 Å². The van der Waals surface area contributed by atoms with Crippen LogP contribution in [0.15, 0.2) is 48.5 Å². The van der Waals surface area contributed by atoms with E-state index >= 15 is 0 Å². The first-order valence-electron chi connectivity index (χ1n) is 11.1. The standard InChI is InChI=1S/C25H28N2O6/c1-17(28)27-11-9-25(10-12-27)14-21(29)20-8-7-19(13-23(20)33-25)32-16-24(31)26-15-22(30)18-5-3-2-4-6-18/h2-8,13,22,30H,9-12,14-16H2,1H3,(H,26,31). The number of rotatable bonds is 6. The first-order chi connectivity index (χ1) is 15.8. The molecule has 0 saturated carbocycles. The van der Waals surface area contributed by atoms with Crippen LogP contribution in [0.5, 0.6) is 11.5 Å². The summed E-state index contributed by atoms with van der Waals surface area (Å²) in [6.07, 6.45) is 0.672. The van der Waals surface area contributed by atoms with Crippen molar-refractivity contribution in [3.8, 4) is 11.5 Å². The molecule has 1 unspecified atom stereocenters. The lowest BCUT2D eigenvalue weighted by atomic mass is 9.82. The molecule has 2 aliphatic heterocycles. The molecule has 2 heterocycles. The molecule has 0 aromatic heterocycles. The van der Waals surface area contributed by atoms with Gasteiger partial charge in [0.15, 0.2) is 12.4 Å². The van der Waals surface area contributed by atoms with Gasteiger partial charge in [0.05, 0.1) is 18.1 Å². The van der Waals surface area contributed by atoms with E-state index < -0.39 is 11.7 Å². The summed E-state index contributed by atoms with van der Waals surface area (Å²) in [5.41, 5.74) is 0.607. The van der Waals surface area contributed by atoms with Crippen molar-refractivity contribution in [1.82, 2.24) is 10.2 Å². The third-order valence-electron chi connectivity index (χ3n) is 6.23. The number of ketones is 1. The zero-order valence-corrected chi connectivity index (χ0v) is 18.6. The first-order valence-corrected chi connectivity index (χ1v) is 11.1. The second-order valence-electron chi connectivity index (χ2n) is 8.57.